The Labute approximate surface area is 147 Å². The number of hydrogen-bond donors (Lipinski definition) is 2. The highest BCUT2D eigenvalue weighted by Gasteiger charge is 2.10. The van der Waals surface area contributed by atoms with Crippen molar-refractivity contribution in [3.63, 3.8) is 0 Å². The van der Waals surface area contributed by atoms with Crippen molar-refractivity contribution in [2.75, 3.05) is 14.2 Å². The molecule has 0 saturated carbocycles. The van der Waals surface area contributed by atoms with Crippen molar-refractivity contribution in [2.24, 2.45) is 0 Å². The molecule has 2 N–H and O–H groups in total. The van der Waals surface area contributed by atoms with Gasteiger partial charge >= 0.3 is 0 Å². The molecule has 0 fully saturated rings. The number of benzene rings is 2. The predicted molar refractivity (Wildman–Crippen MR) is 98.7 cm³/mol. The zero-order valence-corrected chi connectivity index (χ0v) is 14.2. The van der Waals surface area contributed by atoms with Crippen LogP contribution in [0, 0.1) is 0 Å². The van der Waals surface area contributed by atoms with Crippen LogP contribution in [-0.4, -0.2) is 26.0 Å². The molecule has 5 nitrogen and oxygen atoms in total. The third kappa shape index (κ3) is 5.66. The van der Waals surface area contributed by atoms with Crippen LogP contribution in [0.2, 0.25) is 0 Å². The van der Waals surface area contributed by atoms with Gasteiger partial charge in [-0.15, -0.1) is 0 Å². The lowest BCUT2D eigenvalue weighted by Gasteiger charge is -2.07. The number of ether oxygens (including phenoxy) is 1. The fourth-order valence-electron chi connectivity index (χ4n) is 2.07. The molecular formula is C20H20N2O3. The molecule has 2 rings (SSSR count). The Hall–Kier alpha value is -3.34. The van der Waals surface area contributed by atoms with Gasteiger partial charge in [-0.3, -0.25) is 9.59 Å². The molecule has 2 amide bonds. The molecule has 128 valence electrons. The molecule has 0 heterocycles. The number of amides is 2. The second-order valence-corrected chi connectivity index (χ2v) is 5.14. The average molecular weight is 336 g/mol. The maximum atomic E-state index is 12.1. The summed E-state index contributed by atoms with van der Waals surface area (Å²) >= 11 is 0. The molecule has 2 aromatic carbocycles. The normalized spacial score (nSPS) is 11.2. The maximum absolute atomic E-state index is 12.1. The Kier molecular flexibility index (Phi) is 6.54. The zero-order valence-electron chi connectivity index (χ0n) is 14.2. The van der Waals surface area contributed by atoms with Gasteiger partial charge in [0.15, 0.2) is 0 Å². The minimum absolute atomic E-state index is 0.162. The van der Waals surface area contributed by atoms with Crippen molar-refractivity contribution >= 4 is 24.0 Å². The zero-order chi connectivity index (χ0) is 18.1. The molecule has 0 aliphatic carbocycles. The number of likely N-dealkylation sites (N-methyl/N-ethyl adjacent to an activating group) is 1. The number of rotatable bonds is 6. The van der Waals surface area contributed by atoms with Gasteiger partial charge in [0.25, 0.3) is 5.91 Å². The SMILES string of the molecule is CNC(=O)/C(=C\c1ccc(OC)cc1)NC(=O)/C=C/c1ccccc1. The number of carbonyl (C=O) groups excluding carboxylic acids is 2. The van der Waals surface area contributed by atoms with Crippen LogP contribution in [-0.2, 0) is 9.59 Å². The van der Waals surface area contributed by atoms with Crippen LogP contribution >= 0.6 is 0 Å². The van der Waals surface area contributed by atoms with Crippen molar-refractivity contribution in [2.45, 2.75) is 0 Å². The first-order chi connectivity index (χ1) is 12.1. The minimum atomic E-state index is -0.382. The summed E-state index contributed by atoms with van der Waals surface area (Å²) in [4.78, 5) is 24.1. The molecule has 0 aromatic heterocycles. The first kappa shape index (κ1) is 18.0. The second kappa shape index (κ2) is 9.08. The molecule has 0 aliphatic rings. The van der Waals surface area contributed by atoms with Gasteiger partial charge in [-0.1, -0.05) is 42.5 Å². The topological polar surface area (TPSA) is 67.4 Å². The summed E-state index contributed by atoms with van der Waals surface area (Å²) in [6.45, 7) is 0. The van der Waals surface area contributed by atoms with Gasteiger partial charge < -0.3 is 15.4 Å². The maximum Gasteiger partial charge on any atom is 0.267 e. The lowest BCUT2D eigenvalue weighted by atomic mass is 10.1. The smallest absolute Gasteiger partial charge is 0.267 e. The van der Waals surface area contributed by atoms with E-state index in [9.17, 15) is 9.59 Å². The van der Waals surface area contributed by atoms with Crippen LogP contribution in [0.5, 0.6) is 5.75 Å². The van der Waals surface area contributed by atoms with Gasteiger partial charge in [0.2, 0.25) is 5.91 Å². The van der Waals surface area contributed by atoms with Crippen LogP contribution in [0.1, 0.15) is 11.1 Å². The highest BCUT2D eigenvalue weighted by molar-refractivity contribution is 6.04. The molecule has 0 aliphatic heterocycles. The van der Waals surface area contributed by atoms with Gasteiger partial charge in [-0.25, -0.2) is 0 Å². The number of nitrogens with one attached hydrogen (secondary N) is 2. The third-order valence-electron chi connectivity index (χ3n) is 3.38. The van der Waals surface area contributed by atoms with Crippen LogP contribution in [0.3, 0.4) is 0 Å². The van der Waals surface area contributed by atoms with Gasteiger partial charge in [0.05, 0.1) is 7.11 Å². The van der Waals surface area contributed by atoms with Gasteiger partial charge in [0.1, 0.15) is 11.4 Å². The average Bonchev–Trinajstić information content (AvgIpc) is 2.66. The number of hydrogen-bond acceptors (Lipinski definition) is 3. The molecule has 0 radical (unpaired) electrons. The fraction of sp³-hybridized carbons (Fsp3) is 0.100. The first-order valence-corrected chi connectivity index (χ1v) is 7.74. The molecule has 0 spiro atoms. The van der Waals surface area contributed by atoms with E-state index in [4.69, 9.17) is 4.74 Å². The Bertz CT molecular complexity index is 778. The van der Waals surface area contributed by atoms with Gasteiger partial charge in [-0.05, 0) is 35.4 Å². The standard InChI is InChI=1S/C20H20N2O3/c1-21-20(24)18(14-16-8-11-17(25-2)12-9-16)22-19(23)13-10-15-6-4-3-5-7-15/h3-14H,1-2H3,(H,21,24)(H,22,23)/b13-10+,18-14+. The van der Waals surface area contributed by atoms with Gasteiger partial charge in [0, 0.05) is 13.1 Å². The predicted octanol–water partition coefficient (Wildman–Crippen LogP) is 2.61. The molecule has 0 unspecified atom stereocenters. The highest BCUT2D eigenvalue weighted by atomic mass is 16.5. The highest BCUT2D eigenvalue weighted by Crippen LogP contribution is 2.13. The van der Waals surface area contributed by atoms with Crippen LogP contribution in [0.25, 0.3) is 12.2 Å². The van der Waals surface area contributed by atoms with E-state index in [1.54, 1.807) is 43.5 Å². The molecule has 2 aromatic rings. The molecular weight excluding hydrogens is 316 g/mol. The van der Waals surface area contributed by atoms with E-state index in [1.165, 1.54) is 13.1 Å². The number of methoxy groups -OCH3 is 1. The van der Waals surface area contributed by atoms with E-state index < -0.39 is 0 Å². The molecule has 0 saturated heterocycles. The van der Waals surface area contributed by atoms with E-state index in [0.29, 0.717) is 5.75 Å². The van der Waals surface area contributed by atoms with E-state index in [0.717, 1.165) is 11.1 Å². The van der Waals surface area contributed by atoms with Crippen molar-refractivity contribution < 1.29 is 14.3 Å². The van der Waals surface area contributed by atoms with Gasteiger partial charge in [-0.2, -0.15) is 0 Å². The lowest BCUT2D eigenvalue weighted by Crippen LogP contribution is -2.32. The van der Waals surface area contributed by atoms with E-state index in [1.807, 2.05) is 30.3 Å². The minimum Gasteiger partial charge on any atom is -0.497 e. The summed E-state index contributed by atoms with van der Waals surface area (Å²) in [5.41, 5.74) is 1.83. The molecule has 25 heavy (non-hydrogen) atoms. The first-order valence-electron chi connectivity index (χ1n) is 7.74. The van der Waals surface area contributed by atoms with Crippen molar-refractivity contribution in [3.8, 4) is 5.75 Å². The second-order valence-electron chi connectivity index (χ2n) is 5.14. The molecule has 0 atom stereocenters. The molecule has 0 bridgehead atoms. The van der Waals surface area contributed by atoms with E-state index in [-0.39, 0.29) is 17.5 Å². The Morgan fingerprint density at radius 1 is 0.960 bits per heavy atom. The van der Waals surface area contributed by atoms with Crippen molar-refractivity contribution in [1.82, 2.24) is 10.6 Å². The fourth-order valence-corrected chi connectivity index (χ4v) is 2.07. The summed E-state index contributed by atoms with van der Waals surface area (Å²) in [5.74, 6) is -0.0435. The third-order valence-corrected chi connectivity index (χ3v) is 3.38. The number of carbonyl (C=O) groups is 2. The van der Waals surface area contributed by atoms with Crippen LogP contribution in [0.15, 0.2) is 66.4 Å². The van der Waals surface area contributed by atoms with Crippen LogP contribution < -0.4 is 15.4 Å². The summed E-state index contributed by atoms with van der Waals surface area (Å²) < 4.78 is 5.10. The summed E-state index contributed by atoms with van der Waals surface area (Å²) in [7, 11) is 3.09. The van der Waals surface area contributed by atoms with E-state index >= 15 is 0 Å². The lowest BCUT2D eigenvalue weighted by molar-refractivity contribution is -0.120. The Morgan fingerprint density at radius 3 is 2.24 bits per heavy atom. The van der Waals surface area contributed by atoms with Crippen molar-refractivity contribution in [1.29, 1.82) is 0 Å². The summed E-state index contributed by atoms with van der Waals surface area (Å²) in [6.07, 6.45) is 4.68. The van der Waals surface area contributed by atoms with Crippen LogP contribution in [0.4, 0.5) is 0 Å². The Balaban J connectivity index is 2.14. The monoisotopic (exact) mass is 336 g/mol. The van der Waals surface area contributed by atoms with E-state index in [2.05, 4.69) is 10.6 Å². The largest absolute Gasteiger partial charge is 0.497 e. The molecule has 5 heteroatoms. The Morgan fingerprint density at radius 2 is 1.64 bits per heavy atom. The quantitative estimate of drug-likeness (QED) is 0.797. The van der Waals surface area contributed by atoms with Crippen molar-refractivity contribution in [3.05, 3.63) is 77.5 Å². The summed E-state index contributed by atoms with van der Waals surface area (Å²) in [5, 5.41) is 5.12. The summed E-state index contributed by atoms with van der Waals surface area (Å²) in [6, 6.07) is 16.6.